The highest BCUT2D eigenvalue weighted by atomic mass is 16.5. The van der Waals surface area contributed by atoms with Crippen LogP contribution in [0.25, 0.3) is 16.9 Å². The number of hydrogen-bond donors (Lipinski definition) is 1. The molecule has 0 aliphatic carbocycles. The molecule has 0 aliphatic heterocycles. The van der Waals surface area contributed by atoms with Crippen LogP contribution in [0.1, 0.15) is 10.5 Å². The van der Waals surface area contributed by atoms with Crippen molar-refractivity contribution in [3.05, 3.63) is 60.3 Å². The van der Waals surface area contributed by atoms with Crippen molar-refractivity contribution in [1.29, 1.82) is 0 Å². The molecular formula is C18H16N2O4. The minimum absolute atomic E-state index is 0.0428. The highest BCUT2D eigenvalue weighted by molar-refractivity contribution is 5.88. The molecule has 0 aliphatic rings. The number of methoxy groups -OCH3 is 2. The van der Waals surface area contributed by atoms with Crippen LogP contribution in [0, 0.1) is 0 Å². The minimum atomic E-state index is -1.09. The Labute approximate surface area is 138 Å². The van der Waals surface area contributed by atoms with E-state index in [4.69, 9.17) is 9.47 Å². The van der Waals surface area contributed by atoms with Gasteiger partial charge in [-0.3, -0.25) is 0 Å². The molecule has 3 rings (SSSR count). The summed E-state index contributed by atoms with van der Waals surface area (Å²) in [5.74, 6) is 0.154. The lowest BCUT2D eigenvalue weighted by molar-refractivity contribution is 0.0690. The van der Waals surface area contributed by atoms with Crippen LogP contribution in [-0.2, 0) is 0 Å². The van der Waals surface area contributed by atoms with Gasteiger partial charge in [0.1, 0.15) is 11.5 Å². The molecule has 6 heteroatoms. The zero-order valence-corrected chi connectivity index (χ0v) is 13.3. The molecule has 1 heterocycles. The highest BCUT2D eigenvalue weighted by Gasteiger charge is 2.19. The van der Waals surface area contributed by atoms with Crippen LogP contribution in [0.5, 0.6) is 11.5 Å². The Morgan fingerprint density at radius 1 is 1.04 bits per heavy atom. The average Bonchev–Trinajstić information content (AvgIpc) is 3.07. The Morgan fingerprint density at radius 2 is 1.79 bits per heavy atom. The van der Waals surface area contributed by atoms with Gasteiger partial charge >= 0.3 is 5.97 Å². The van der Waals surface area contributed by atoms with E-state index in [2.05, 4.69) is 5.10 Å². The summed E-state index contributed by atoms with van der Waals surface area (Å²) >= 11 is 0. The first-order chi connectivity index (χ1) is 11.6. The van der Waals surface area contributed by atoms with Gasteiger partial charge in [-0.25, -0.2) is 9.48 Å². The van der Waals surface area contributed by atoms with Crippen molar-refractivity contribution in [1.82, 2.24) is 9.78 Å². The number of ether oxygens (including phenoxy) is 2. The van der Waals surface area contributed by atoms with Crippen LogP contribution < -0.4 is 9.47 Å². The molecule has 24 heavy (non-hydrogen) atoms. The zero-order valence-electron chi connectivity index (χ0n) is 13.3. The fourth-order valence-electron chi connectivity index (χ4n) is 2.46. The molecule has 1 aromatic heterocycles. The highest BCUT2D eigenvalue weighted by Crippen LogP contribution is 2.35. The molecule has 0 amide bonds. The molecule has 0 fully saturated rings. The van der Waals surface area contributed by atoms with Crippen LogP contribution in [-0.4, -0.2) is 35.1 Å². The second kappa shape index (κ2) is 6.45. The third kappa shape index (κ3) is 2.81. The predicted molar refractivity (Wildman–Crippen MR) is 89.1 cm³/mol. The van der Waals surface area contributed by atoms with E-state index in [1.807, 2.05) is 30.3 Å². The Balaban J connectivity index is 2.26. The molecule has 122 valence electrons. The summed E-state index contributed by atoms with van der Waals surface area (Å²) in [5, 5.41) is 13.5. The molecule has 0 bridgehead atoms. The average molecular weight is 324 g/mol. The van der Waals surface area contributed by atoms with E-state index < -0.39 is 5.97 Å². The minimum Gasteiger partial charge on any atom is -0.497 e. The summed E-state index contributed by atoms with van der Waals surface area (Å²) in [7, 11) is 3.13. The van der Waals surface area contributed by atoms with E-state index >= 15 is 0 Å². The Bertz CT molecular complexity index is 872. The lowest BCUT2D eigenvalue weighted by Gasteiger charge is -2.12. The van der Waals surface area contributed by atoms with Gasteiger partial charge in [-0.2, -0.15) is 5.10 Å². The van der Waals surface area contributed by atoms with Crippen molar-refractivity contribution in [2.24, 2.45) is 0 Å². The van der Waals surface area contributed by atoms with E-state index in [0.29, 0.717) is 22.8 Å². The first-order valence-corrected chi connectivity index (χ1v) is 7.25. The number of rotatable bonds is 5. The van der Waals surface area contributed by atoms with Crippen molar-refractivity contribution < 1.29 is 19.4 Å². The molecule has 0 radical (unpaired) electrons. The number of aromatic nitrogens is 2. The summed E-state index contributed by atoms with van der Waals surface area (Å²) in [4.78, 5) is 11.4. The smallest absolute Gasteiger partial charge is 0.356 e. The lowest BCUT2D eigenvalue weighted by atomic mass is 10.1. The monoisotopic (exact) mass is 324 g/mol. The normalized spacial score (nSPS) is 10.4. The van der Waals surface area contributed by atoms with Gasteiger partial charge in [0.25, 0.3) is 0 Å². The van der Waals surface area contributed by atoms with Crippen LogP contribution in [0.3, 0.4) is 0 Å². The van der Waals surface area contributed by atoms with E-state index in [9.17, 15) is 9.90 Å². The predicted octanol–water partition coefficient (Wildman–Crippen LogP) is 3.25. The summed E-state index contributed by atoms with van der Waals surface area (Å²) in [6.07, 6.45) is 0. The largest absolute Gasteiger partial charge is 0.497 e. The third-order valence-electron chi connectivity index (χ3n) is 3.61. The van der Waals surface area contributed by atoms with E-state index in [1.165, 1.54) is 6.07 Å². The standard InChI is InChI=1S/C18H16N2O4/c1-23-13-8-9-17(24-2)14(10-13)16-11-15(18(21)22)19-20(16)12-6-4-3-5-7-12/h3-11H,1-2H3,(H,21,22). The van der Waals surface area contributed by atoms with Gasteiger partial charge in [0, 0.05) is 5.56 Å². The number of hydrogen-bond acceptors (Lipinski definition) is 4. The van der Waals surface area contributed by atoms with Crippen molar-refractivity contribution in [2.75, 3.05) is 14.2 Å². The molecule has 0 saturated carbocycles. The molecule has 0 atom stereocenters. The van der Waals surface area contributed by atoms with Crippen LogP contribution in [0.2, 0.25) is 0 Å². The van der Waals surface area contributed by atoms with E-state index in [1.54, 1.807) is 37.1 Å². The number of nitrogens with zero attached hydrogens (tertiary/aromatic N) is 2. The molecule has 3 aromatic rings. The number of carboxylic acid groups (broad SMARTS) is 1. The quantitative estimate of drug-likeness (QED) is 0.780. The maximum absolute atomic E-state index is 11.4. The van der Waals surface area contributed by atoms with Crippen LogP contribution in [0.15, 0.2) is 54.6 Å². The van der Waals surface area contributed by atoms with Gasteiger partial charge in [-0.15, -0.1) is 0 Å². The summed E-state index contributed by atoms with van der Waals surface area (Å²) in [6, 6.07) is 16.2. The second-order valence-corrected chi connectivity index (χ2v) is 5.03. The Hall–Kier alpha value is -3.28. The number of benzene rings is 2. The van der Waals surface area contributed by atoms with Gasteiger partial charge in [0.2, 0.25) is 0 Å². The van der Waals surface area contributed by atoms with E-state index in [-0.39, 0.29) is 5.69 Å². The third-order valence-corrected chi connectivity index (χ3v) is 3.61. The van der Waals surface area contributed by atoms with Crippen LogP contribution in [0.4, 0.5) is 0 Å². The second-order valence-electron chi connectivity index (χ2n) is 5.03. The first-order valence-electron chi connectivity index (χ1n) is 7.25. The molecular weight excluding hydrogens is 308 g/mol. The van der Waals surface area contributed by atoms with Crippen molar-refractivity contribution in [3.63, 3.8) is 0 Å². The van der Waals surface area contributed by atoms with Crippen molar-refractivity contribution in [2.45, 2.75) is 0 Å². The van der Waals surface area contributed by atoms with Crippen molar-refractivity contribution in [3.8, 4) is 28.4 Å². The van der Waals surface area contributed by atoms with Crippen LogP contribution >= 0.6 is 0 Å². The Kier molecular flexibility index (Phi) is 4.20. The van der Waals surface area contributed by atoms with E-state index in [0.717, 1.165) is 5.69 Å². The summed E-state index contributed by atoms with van der Waals surface area (Å²) in [5.41, 5.74) is 2.01. The molecule has 0 spiro atoms. The number of para-hydroxylation sites is 1. The SMILES string of the molecule is COc1ccc(OC)c(-c2cc(C(=O)O)nn2-c2ccccc2)c1. The van der Waals surface area contributed by atoms with Crippen molar-refractivity contribution >= 4 is 5.97 Å². The summed E-state index contributed by atoms with van der Waals surface area (Å²) < 4.78 is 12.3. The molecule has 6 nitrogen and oxygen atoms in total. The zero-order chi connectivity index (χ0) is 17.1. The molecule has 2 aromatic carbocycles. The first kappa shape index (κ1) is 15.6. The number of aromatic carboxylic acids is 1. The molecule has 0 saturated heterocycles. The topological polar surface area (TPSA) is 73.6 Å². The van der Waals surface area contributed by atoms with Gasteiger partial charge in [0.15, 0.2) is 5.69 Å². The molecule has 1 N–H and O–H groups in total. The number of carbonyl (C=O) groups is 1. The lowest BCUT2D eigenvalue weighted by Crippen LogP contribution is -2.02. The van der Waals surface area contributed by atoms with Gasteiger partial charge in [-0.1, -0.05) is 18.2 Å². The number of carboxylic acids is 1. The maximum Gasteiger partial charge on any atom is 0.356 e. The molecule has 0 unspecified atom stereocenters. The van der Waals surface area contributed by atoms with Gasteiger partial charge < -0.3 is 14.6 Å². The summed E-state index contributed by atoms with van der Waals surface area (Å²) in [6.45, 7) is 0. The fraction of sp³-hybridized carbons (Fsp3) is 0.111. The maximum atomic E-state index is 11.4. The van der Waals surface area contributed by atoms with Gasteiger partial charge in [0.05, 0.1) is 25.6 Å². The Morgan fingerprint density at radius 3 is 2.42 bits per heavy atom. The fourth-order valence-corrected chi connectivity index (χ4v) is 2.46. The van der Waals surface area contributed by atoms with Gasteiger partial charge in [-0.05, 0) is 36.4 Å².